The molecular weight excluding hydrogens is 272 g/mol. The Labute approximate surface area is 126 Å². The van der Waals surface area contributed by atoms with Crippen LogP contribution in [-0.4, -0.2) is 79.7 Å². The fourth-order valence-electron chi connectivity index (χ4n) is 2.90. The largest absolute Gasteiger partial charge is 0.373 e. The molecule has 3 atom stereocenters. The van der Waals surface area contributed by atoms with Gasteiger partial charge in [-0.05, 0) is 20.1 Å². The molecule has 2 saturated heterocycles. The van der Waals surface area contributed by atoms with E-state index in [0.29, 0.717) is 32.6 Å². The summed E-state index contributed by atoms with van der Waals surface area (Å²) in [6.07, 6.45) is 1.85. The van der Waals surface area contributed by atoms with Crippen LogP contribution in [0.15, 0.2) is 0 Å². The third-order valence-corrected chi connectivity index (χ3v) is 3.80. The van der Waals surface area contributed by atoms with Gasteiger partial charge in [-0.2, -0.15) is 0 Å². The minimum atomic E-state index is -0.397. The second-order valence-corrected chi connectivity index (χ2v) is 5.76. The maximum absolute atomic E-state index is 12.4. The van der Waals surface area contributed by atoms with E-state index in [9.17, 15) is 4.79 Å². The van der Waals surface area contributed by atoms with Crippen molar-refractivity contribution >= 4 is 12.2 Å². The first-order valence-electron chi connectivity index (χ1n) is 7.66. The van der Waals surface area contributed by atoms with Crippen LogP contribution in [0.2, 0.25) is 0 Å². The molecule has 0 amide bonds. The fourth-order valence-corrected chi connectivity index (χ4v) is 2.90. The zero-order chi connectivity index (χ0) is 15.2. The first kappa shape index (κ1) is 16.4. The van der Waals surface area contributed by atoms with Crippen LogP contribution in [-0.2, 0) is 14.4 Å². The number of nitrogens with zero attached hydrogens (tertiary/aromatic N) is 2. The number of carbonyl (C=O) groups is 1. The molecule has 0 aromatic carbocycles. The molecule has 0 bridgehead atoms. The van der Waals surface area contributed by atoms with Crippen molar-refractivity contribution < 1.29 is 14.4 Å². The first-order chi connectivity index (χ1) is 10.1. The topological polar surface area (TPSA) is 77.9 Å². The number of hydrogen-bond donors (Lipinski definition) is 2. The van der Waals surface area contributed by atoms with Gasteiger partial charge < -0.3 is 20.3 Å². The van der Waals surface area contributed by atoms with Crippen LogP contribution in [0.3, 0.4) is 0 Å². The maximum Gasteiger partial charge on any atom is 0.342 e. The molecule has 0 aliphatic carbocycles. The Balaban J connectivity index is 1.95. The van der Waals surface area contributed by atoms with Gasteiger partial charge in [-0.25, -0.2) is 4.79 Å². The molecule has 2 N–H and O–H groups in total. The number of hydrogen-bond acceptors (Lipinski definition) is 7. The van der Waals surface area contributed by atoms with E-state index in [4.69, 9.17) is 15.0 Å². The van der Waals surface area contributed by atoms with Crippen LogP contribution in [0.4, 0.5) is 0 Å². The van der Waals surface area contributed by atoms with Gasteiger partial charge in [-0.1, -0.05) is 0 Å². The number of morpholine rings is 1. The minimum Gasteiger partial charge on any atom is -0.373 e. The van der Waals surface area contributed by atoms with E-state index in [1.54, 1.807) is 5.06 Å². The molecule has 2 aliphatic rings. The summed E-state index contributed by atoms with van der Waals surface area (Å²) in [6, 6.07) is -0.397. The molecule has 7 nitrogen and oxygen atoms in total. The molecule has 3 unspecified atom stereocenters. The van der Waals surface area contributed by atoms with E-state index < -0.39 is 6.04 Å². The summed E-state index contributed by atoms with van der Waals surface area (Å²) < 4.78 is 5.70. The Morgan fingerprint density at radius 1 is 1.38 bits per heavy atom. The fraction of sp³-hybridized carbons (Fsp3) is 0.857. The second kappa shape index (κ2) is 7.84. The van der Waals surface area contributed by atoms with Gasteiger partial charge in [0.2, 0.25) is 0 Å². The predicted molar refractivity (Wildman–Crippen MR) is 79.3 cm³/mol. The van der Waals surface area contributed by atoms with Gasteiger partial charge in [0.15, 0.2) is 0 Å². The molecular formula is C14H26N4O3. The van der Waals surface area contributed by atoms with Crippen LogP contribution >= 0.6 is 0 Å². The van der Waals surface area contributed by atoms with Crippen LogP contribution in [0.25, 0.3) is 0 Å². The van der Waals surface area contributed by atoms with Gasteiger partial charge >= 0.3 is 5.97 Å². The van der Waals surface area contributed by atoms with E-state index in [1.165, 1.54) is 6.21 Å². The summed E-state index contributed by atoms with van der Waals surface area (Å²) >= 11 is 0. The summed E-state index contributed by atoms with van der Waals surface area (Å²) in [5.41, 5.74) is 0. The molecule has 0 spiro atoms. The second-order valence-electron chi connectivity index (χ2n) is 5.76. The SMILES string of the molecule is CC1CN(C(CC=N)C(=O)ON2CCNCC2)CC(C)O1. The van der Waals surface area contributed by atoms with Gasteiger partial charge in [0.05, 0.1) is 12.2 Å². The zero-order valence-electron chi connectivity index (χ0n) is 12.9. The maximum atomic E-state index is 12.4. The summed E-state index contributed by atoms with van der Waals surface area (Å²) in [4.78, 5) is 20.0. The lowest BCUT2D eigenvalue weighted by Crippen LogP contribution is -2.54. The van der Waals surface area contributed by atoms with Gasteiger partial charge in [0.25, 0.3) is 0 Å². The highest BCUT2D eigenvalue weighted by atomic mass is 16.7. The Morgan fingerprint density at radius 2 is 2.00 bits per heavy atom. The monoisotopic (exact) mass is 298 g/mol. The minimum absolute atomic E-state index is 0.0916. The Morgan fingerprint density at radius 3 is 2.57 bits per heavy atom. The summed E-state index contributed by atoms with van der Waals surface area (Å²) in [7, 11) is 0. The molecule has 2 rings (SSSR count). The normalized spacial score (nSPS) is 29.8. The number of piperazine rings is 1. The lowest BCUT2D eigenvalue weighted by molar-refractivity contribution is -0.201. The lowest BCUT2D eigenvalue weighted by Gasteiger charge is -2.39. The lowest BCUT2D eigenvalue weighted by atomic mass is 10.1. The smallest absolute Gasteiger partial charge is 0.342 e. The van der Waals surface area contributed by atoms with E-state index >= 15 is 0 Å². The average molecular weight is 298 g/mol. The van der Waals surface area contributed by atoms with Crippen molar-refractivity contribution in [2.45, 2.75) is 38.5 Å². The highest BCUT2D eigenvalue weighted by Crippen LogP contribution is 2.16. The molecule has 0 aromatic rings. The number of carbonyl (C=O) groups excluding carboxylic acids is 1. The van der Waals surface area contributed by atoms with Gasteiger partial charge in [-0.15, -0.1) is 5.06 Å². The number of rotatable bonds is 5. The zero-order valence-corrected chi connectivity index (χ0v) is 12.9. The van der Waals surface area contributed by atoms with E-state index in [2.05, 4.69) is 10.2 Å². The van der Waals surface area contributed by atoms with Crippen molar-refractivity contribution in [3.63, 3.8) is 0 Å². The predicted octanol–water partition coefficient (Wildman–Crippen LogP) is -0.133. The highest BCUT2D eigenvalue weighted by molar-refractivity contribution is 5.79. The van der Waals surface area contributed by atoms with Crippen molar-refractivity contribution in [3.05, 3.63) is 0 Å². The molecule has 120 valence electrons. The quantitative estimate of drug-likeness (QED) is 0.688. The number of ether oxygens (including phenoxy) is 1. The van der Waals surface area contributed by atoms with Gasteiger partial charge in [0.1, 0.15) is 6.04 Å². The van der Waals surface area contributed by atoms with Crippen molar-refractivity contribution in [1.29, 1.82) is 5.41 Å². The Kier molecular flexibility index (Phi) is 6.10. The van der Waals surface area contributed by atoms with E-state index in [0.717, 1.165) is 13.1 Å². The first-order valence-corrected chi connectivity index (χ1v) is 7.66. The summed E-state index contributed by atoms with van der Waals surface area (Å²) in [5, 5.41) is 12.3. The van der Waals surface area contributed by atoms with Crippen LogP contribution in [0, 0.1) is 5.41 Å². The third kappa shape index (κ3) is 4.74. The van der Waals surface area contributed by atoms with E-state index in [-0.39, 0.29) is 18.2 Å². The molecule has 2 fully saturated rings. The third-order valence-electron chi connectivity index (χ3n) is 3.80. The van der Waals surface area contributed by atoms with Gasteiger partial charge in [-0.3, -0.25) is 4.90 Å². The van der Waals surface area contributed by atoms with Crippen LogP contribution in [0.1, 0.15) is 20.3 Å². The molecule has 0 radical (unpaired) electrons. The standard InChI is InChI=1S/C14H26N4O3/c1-11-9-17(10-12(2)20-11)13(3-4-15)14(19)21-18-7-5-16-6-8-18/h4,11-13,15-16H,3,5-10H2,1-2H3. The molecule has 0 saturated carbocycles. The van der Waals surface area contributed by atoms with Crippen molar-refractivity contribution in [2.75, 3.05) is 39.3 Å². The van der Waals surface area contributed by atoms with Gasteiger partial charge in [0, 0.05) is 45.7 Å². The molecule has 21 heavy (non-hydrogen) atoms. The van der Waals surface area contributed by atoms with Crippen molar-refractivity contribution in [1.82, 2.24) is 15.3 Å². The molecule has 7 heteroatoms. The number of hydroxylamine groups is 2. The highest BCUT2D eigenvalue weighted by Gasteiger charge is 2.33. The summed E-state index contributed by atoms with van der Waals surface area (Å²) in [5.74, 6) is -0.262. The number of nitrogens with one attached hydrogen (secondary N) is 2. The van der Waals surface area contributed by atoms with Crippen molar-refractivity contribution in [2.24, 2.45) is 0 Å². The van der Waals surface area contributed by atoms with E-state index in [1.807, 2.05) is 13.8 Å². The molecule has 0 aromatic heterocycles. The molecule has 2 heterocycles. The average Bonchev–Trinajstić information content (AvgIpc) is 2.44. The molecule has 2 aliphatic heterocycles. The Bertz CT molecular complexity index is 350. The van der Waals surface area contributed by atoms with Crippen molar-refractivity contribution in [3.8, 4) is 0 Å². The van der Waals surface area contributed by atoms with Crippen LogP contribution in [0.5, 0.6) is 0 Å². The Hall–Kier alpha value is -1.02. The summed E-state index contributed by atoms with van der Waals surface area (Å²) in [6.45, 7) is 8.47. The van der Waals surface area contributed by atoms with Crippen LogP contribution < -0.4 is 5.32 Å².